The van der Waals surface area contributed by atoms with Gasteiger partial charge in [0.2, 0.25) is 0 Å². The number of nitrogens with one attached hydrogen (secondary N) is 1. The first-order chi connectivity index (χ1) is 15.4. The number of hydrogen-bond acceptors (Lipinski definition) is 5. The lowest BCUT2D eigenvalue weighted by atomic mass is 10.0. The van der Waals surface area contributed by atoms with Crippen LogP contribution in [-0.2, 0) is 0 Å². The molecule has 0 fully saturated rings. The van der Waals surface area contributed by atoms with E-state index in [1.165, 1.54) is 16.9 Å². The number of aryl methyl sites for hydroxylation is 3. The number of hydrogen-bond donors (Lipinski definition) is 1. The van der Waals surface area contributed by atoms with Gasteiger partial charge >= 0.3 is 0 Å². The summed E-state index contributed by atoms with van der Waals surface area (Å²) in [5.41, 5.74) is 6.42. The van der Waals surface area contributed by atoms with Crippen LogP contribution in [0.15, 0.2) is 66.2 Å². The summed E-state index contributed by atoms with van der Waals surface area (Å²) < 4.78 is 6.00. The molecular formula is C26H25N3O2S. The number of pyridine rings is 1. The monoisotopic (exact) mass is 443 g/mol. The van der Waals surface area contributed by atoms with Gasteiger partial charge in [0, 0.05) is 22.8 Å². The zero-order valence-electron chi connectivity index (χ0n) is 18.5. The van der Waals surface area contributed by atoms with Crippen molar-refractivity contribution in [3.05, 3.63) is 94.3 Å². The first-order valence-corrected chi connectivity index (χ1v) is 11.3. The van der Waals surface area contributed by atoms with Crippen LogP contribution in [0.2, 0.25) is 0 Å². The van der Waals surface area contributed by atoms with E-state index in [9.17, 15) is 4.79 Å². The number of rotatable bonds is 6. The van der Waals surface area contributed by atoms with Crippen LogP contribution in [-0.4, -0.2) is 15.9 Å². The number of aromatic nitrogens is 2. The van der Waals surface area contributed by atoms with Crippen molar-refractivity contribution in [2.75, 3.05) is 0 Å². The standard InChI is InChI=1S/C26H25N3O2S/c1-16-5-8-20(9-6-16)22-11-23(13-24(12-22)31-26-28-18(3)15-32-26)25(30)29-19(4)21-10-7-17(2)27-14-21/h5-15,19H,1-4H3,(H,29,30)/t19-/m1/s1. The predicted octanol–water partition coefficient (Wildman–Crippen LogP) is 6.41. The highest BCUT2D eigenvalue weighted by Gasteiger charge is 2.15. The molecule has 0 spiro atoms. The van der Waals surface area contributed by atoms with E-state index in [-0.39, 0.29) is 11.9 Å². The van der Waals surface area contributed by atoms with Gasteiger partial charge in [-0.25, -0.2) is 4.98 Å². The maximum Gasteiger partial charge on any atom is 0.278 e. The first-order valence-electron chi connectivity index (χ1n) is 10.4. The van der Waals surface area contributed by atoms with Crippen molar-refractivity contribution in [1.82, 2.24) is 15.3 Å². The van der Waals surface area contributed by atoms with Crippen LogP contribution in [0, 0.1) is 20.8 Å². The van der Waals surface area contributed by atoms with Gasteiger partial charge in [-0.1, -0.05) is 47.2 Å². The maximum absolute atomic E-state index is 13.1. The number of ether oxygens (including phenoxy) is 1. The summed E-state index contributed by atoms with van der Waals surface area (Å²) in [5.74, 6) is 0.402. The molecule has 0 aliphatic carbocycles. The zero-order valence-corrected chi connectivity index (χ0v) is 19.4. The molecule has 1 amide bonds. The van der Waals surface area contributed by atoms with Crippen LogP contribution in [0.25, 0.3) is 11.1 Å². The van der Waals surface area contributed by atoms with Gasteiger partial charge in [-0.15, -0.1) is 0 Å². The molecule has 0 unspecified atom stereocenters. The average molecular weight is 444 g/mol. The van der Waals surface area contributed by atoms with Crippen molar-refractivity contribution in [3.63, 3.8) is 0 Å². The van der Waals surface area contributed by atoms with Crippen molar-refractivity contribution in [1.29, 1.82) is 0 Å². The Labute approximate surface area is 192 Å². The number of nitrogens with zero attached hydrogens (tertiary/aromatic N) is 2. The molecule has 162 valence electrons. The summed E-state index contributed by atoms with van der Waals surface area (Å²) in [6, 6.07) is 17.5. The van der Waals surface area contributed by atoms with E-state index >= 15 is 0 Å². The topological polar surface area (TPSA) is 64.1 Å². The van der Waals surface area contributed by atoms with Crippen molar-refractivity contribution in [2.24, 2.45) is 0 Å². The summed E-state index contributed by atoms with van der Waals surface area (Å²) in [7, 11) is 0. The Morgan fingerprint density at radius 2 is 1.75 bits per heavy atom. The van der Waals surface area contributed by atoms with Crippen LogP contribution in [0.5, 0.6) is 10.9 Å². The maximum atomic E-state index is 13.1. The normalized spacial score (nSPS) is 11.8. The van der Waals surface area contributed by atoms with Crippen LogP contribution in [0.3, 0.4) is 0 Å². The van der Waals surface area contributed by atoms with Gasteiger partial charge in [-0.05, 0) is 68.7 Å². The third-order valence-electron chi connectivity index (χ3n) is 5.14. The summed E-state index contributed by atoms with van der Waals surface area (Å²) in [5, 5.41) is 5.55. The van der Waals surface area contributed by atoms with Crippen molar-refractivity contribution >= 4 is 17.2 Å². The number of carbonyl (C=O) groups excluding carboxylic acids is 1. The molecule has 0 bridgehead atoms. The molecule has 1 atom stereocenters. The number of benzene rings is 2. The van der Waals surface area contributed by atoms with Crippen LogP contribution in [0.1, 0.15) is 45.8 Å². The lowest BCUT2D eigenvalue weighted by molar-refractivity contribution is 0.0939. The second-order valence-electron chi connectivity index (χ2n) is 7.90. The van der Waals surface area contributed by atoms with Crippen molar-refractivity contribution in [2.45, 2.75) is 33.7 Å². The average Bonchev–Trinajstić information content (AvgIpc) is 3.18. The molecule has 2 aromatic carbocycles. The van der Waals surface area contributed by atoms with E-state index in [2.05, 4.69) is 27.4 Å². The highest BCUT2D eigenvalue weighted by molar-refractivity contribution is 7.11. The third kappa shape index (κ3) is 5.21. The molecule has 0 aliphatic rings. The van der Waals surface area contributed by atoms with Crippen molar-refractivity contribution in [3.8, 4) is 22.1 Å². The fourth-order valence-electron chi connectivity index (χ4n) is 3.28. The van der Waals surface area contributed by atoms with E-state index in [0.717, 1.165) is 28.1 Å². The highest BCUT2D eigenvalue weighted by Crippen LogP contribution is 2.31. The largest absolute Gasteiger partial charge is 0.431 e. The lowest BCUT2D eigenvalue weighted by Gasteiger charge is -2.16. The molecule has 1 N–H and O–H groups in total. The van der Waals surface area contributed by atoms with Gasteiger partial charge in [0.05, 0.1) is 11.7 Å². The zero-order chi connectivity index (χ0) is 22.7. The van der Waals surface area contributed by atoms with Gasteiger partial charge in [0.25, 0.3) is 11.1 Å². The Kier molecular flexibility index (Phi) is 6.32. The third-order valence-corrected chi connectivity index (χ3v) is 5.97. The van der Waals surface area contributed by atoms with E-state index in [1.807, 2.05) is 69.5 Å². The fourth-order valence-corrected chi connectivity index (χ4v) is 3.95. The first kappa shape index (κ1) is 21.7. The minimum atomic E-state index is -0.176. The molecule has 0 aliphatic heterocycles. The number of carbonyl (C=O) groups is 1. The Morgan fingerprint density at radius 3 is 2.41 bits per heavy atom. The number of thiazole rings is 1. The molecule has 4 aromatic rings. The minimum absolute atomic E-state index is 0.174. The molecule has 5 nitrogen and oxygen atoms in total. The minimum Gasteiger partial charge on any atom is -0.431 e. The molecule has 4 rings (SSSR count). The number of amides is 1. The molecule has 32 heavy (non-hydrogen) atoms. The van der Waals surface area contributed by atoms with Crippen LogP contribution >= 0.6 is 11.3 Å². The van der Waals surface area contributed by atoms with Gasteiger partial charge in [0.1, 0.15) is 5.75 Å². The van der Waals surface area contributed by atoms with E-state index in [4.69, 9.17) is 4.74 Å². The summed E-state index contributed by atoms with van der Waals surface area (Å²) in [4.78, 5) is 21.8. The SMILES string of the molecule is Cc1ccc(-c2cc(Oc3nc(C)cs3)cc(C(=O)N[C@H](C)c3ccc(C)nc3)c2)cc1. The smallest absolute Gasteiger partial charge is 0.278 e. The molecule has 0 radical (unpaired) electrons. The molecule has 0 saturated heterocycles. The Bertz CT molecular complexity index is 1230. The molecule has 6 heteroatoms. The summed E-state index contributed by atoms with van der Waals surface area (Å²) in [6.45, 7) is 7.86. The van der Waals surface area contributed by atoms with Crippen LogP contribution in [0.4, 0.5) is 0 Å². The molecule has 2 heterocycles. The van der Waals surface area contributed by atoms with Crippen molar-refractivity contribution < 1.29 is 9.53 Å². The molecular weight excluding hydrogens is 418 g/mol. The molecule has 2 aromatic heterocycles. The van der Waals surface area contributed by atoms with E-state index < -0.39 is 0 Å². The van der Waals surface area contributed by atoms with Gasteiger partial charge < -0.3 is 10.1 Å². The predicted molar refractivity (Wildman–Crippen MR) is 128 cm³/mol. The second kappa shape index (κ2) is 9.32. The quantitative estimate of drug-likeness (QED) is 0.374. The van der Waals surface area contributed by atoms with E-state index in [0.29, 0.717) is 16.5 Å². The summed E-state index contributed by atoms with van der Waals surface area (Å²) in [6.07, 6.45) is 1.79. The van der Waals surface area contributed by atoms with E-state index in [1.54, 1.807) is 12.3 Å². The van der Waals surface area contributed by atoms with Gasteiger partial charge in [0.15, 0.2) is 0 Å². The van der Waals surface area contributed by atoms with Crippen LogP contribution < -0.4 is 10.1 Å². The molecule has 0 saturated carbocycles. The second-order valence-corrected chi connectivity index (χ2v) is 8.72. The highest BCUT2D eigenvalue weighted by atomic mass is 32.1. The Morgan fingerprint density at radius 1 is 0.969 bits per heavy atom. The van der Waals surface area contributed by atoms with Gasteiger partial charge in [-0.2, -0.15) is 0 Å². The van der Waals surface area contributed by atoms with Gasteiger partial charge in [-0.3, -0.25) is 9.78 Å². The lowest BCUT2D eigenvalue weighted by Crippen LogP contribution is -2.26. The summed E-state index contributed by atoms with van der Waals surface area (Å²) >= 11 is 1.43. The Hall–Kier alpha value is -3.51. The Balaban J connectivity index is 1.65. The fraction of sp³-hybridized carbons (Fsp3) is 0.192.